The fraction of sp³-hybridized carbons (Fsp3) is 1.00. The minimum absolute atomic E-state index is 0.0631. The lowest BCUT2D eigenvalue weighted by atomic mass is 10.1. The van der Waals surface area contributed by atoms with Crippen LogP contribution in [0, 0.1) is 0 Å². The average Bonchev–Trinajstić information content (AvgIpc) is 2.09. The first-order valence-electron chi connectivity index (χ1n) is 5.68. The van der Waals surface area contributed by atoms with Gasteiger partial charge >= 0.3 is 6.18 Å². The number of alkyl halides is 3. The van der Waals surface area contributed by atoms with Gasteiger partial charge in [0.1, 0.15) is 6.61 Å². The van der Waals surface area contributed by atoms with Gasteiger partial charge in [0.05, 0.1) is 6.61 Å². The van der Waals surface area contributed by atoms with E-state index < -0.39 is 12.8 Å². The monoisotopic (exact) mass is 256 g/mol. The zero-order chi connectivity index (χ0) is 13.5. The Hall–Kier alpha value is -0.330. The van der Waals surface area contributed by atoms with Crippen molar-refractivity contribution in [3.05, 3.63) is 0 Å². The molecule has 0 aromatic rings. The molecule has 3 nitrogen and oxygen atoms in total. The quantitative estimate of drug-likeness (QED) is 0.704. The molecule has 0 unspecified atom stereocenters. The van der Waals surface area contributed by atoms with Crippen LogP contribution in [0.3, 0.4) is 0 Å². The molecule has 0 aromatic carbocycles. The number of halogens is 3. The van der Waals surface area contributed by atoms with E-state index in [-0.39, 0.29) is 12.1 Å². The van der Waals surface area contributed by atoms with Gasteiger partial charge in [-0.15, -0.1) is 0 Å². The van der Waals surface area contributed by atoms with Crippen molar-refractivity contribution in [1.82, 2.24) is 10.2 Å². The number of hydrogen-bond donors (Lipinski definition) is 1. The van der Waals surface area contributed by atoms with Crippen LogP contribution in [-0.4, -0.2) is 56.5 Å². The Bertz CT molecular complexity index is 202. The molecule has 0 bridgehead atoms. The summed E-state index contributed by atoms with van der Waals surface area (Å²) < 4.78 is 39.8. The third-order valence-electron chi connectivity index (χ3n) is 2.03. The molecule has 0 fully saturated rings. The lowest BCUT2D eigenvalue weighted by molar-refractivity contribution is -0.174. The Morgan fingerprint density at radius 3 is 2.18 bits per heavy atom. The lowest BCUT2D eigenvalue weighted by Gasteiger charge is -2.23. The van der Waals surface area contributed by atoms with Crippen molar-refractivity contribution in [2.45, 2.75) is 32.5 Å². The van der Waals surface area contributed by atoms with Crippen molar-refractivity contribution < 1.29 is 17.9 Å². The van der Waals surface area contributed by atoms with Crippen molar-refractivity contribution in [1.29, 1.82) is 0 Å². The number of hydrogen-bond acceptors (Lipinski definition) is 3. The molecule has 0 aliphatic rings. The summed E-state index contributed by atoms with van der Waals surface area (Å²) in [5.41, 5.74) is 0.0631. The second-order valence-electron chi connectivity index (χ2n) is 5.15. The van der Waals surface area contributed by atoms with E-state index in [9.17, 15) is 13.2 Å². The fourth-order valence-electron chi connectivity index (χ4n) is 1.14. The zero-order valence-corrected chi connectivity index (χ0v) is 11.0. The van der Waals surface area contributed by atoms with Crippen molar-refractivity contribution in [3.8, 4) is 0 Å². The van der Waals surface area contributed by atoms with E-state index in [0.717, 1.165) is 13.1 Å². The summed E-state index contributed by atoms with van der Waals surface area (Å²) in [6.07, 6.45) is -4.23. The molecule has 0 rings (SSSR count). The summed E-state index contributed by atoms with van der Waals surface area (Å²) in [5.74, 6) is 0. The number of likely N-dealkylation sites (N-methyl/N-ethyl adjacent to an activating group) is 1. The molecule has 0 aliphatic carbocycles. The lowest BCUT2D eigenvalue weighted by Crippen LogP contribution is -2.41. The van der Waals surface area contributed by atoms with Gasteiger partial charge < -0.3 is 15.0 Å². The number of nitrogens with one attached hydrogen (secondary N) is 1. The molecule has 0 radical (unpaired) electrons. The van der Waals surface area contributed by atoms with Crippen LogP contribution in [0.15, 0.2) is 0 Å². The van der Waals surface area contributed by atoms with Crippen molar-refractivity contribution in [2.75, 3.05) is 39.9 Å². The fourth-order valence-corrected chi connectivity index (χ4v) is 1.14. The minimum atomic E-state index is -4.23. The highest BCUT2D eigenvalue weighted by atomic mass is 19.4. The number of ether oxygens (including phenoxy) is 1. The van der Waals surface area contributed by atoms with Crippen LogP contribution < -0.4 is 5.32 Å². The minimum Gasteiger partial charge on any atom is -0.371 e. The third-order valence-corrected chi connectivity index (χ3v) is 2.03. The maximum atomic E-state index is 11.8. The summed E-state index contributed by atoms with van der Waals surface area (Å²) >= 11 is 0. The largest absolute Gasteiger partial charge is 0.411 e. The van der Waals surface area contributed by atoms with E-state index >= 15 is 0 Å². The zero-order valence-electron chi connectivity index (χ0n) is 11.0. The first-order chi connectivity index (χ1) is 7.60. The number of rotatable bonds is 7. The van der Waals surface area contributed by atoms with Crippen molar-refractivity contribution in [3.63, 3.8) is 0 Å². The van der Waals surface area contributed by atoms with Crippen LogP contribution in [0.25, 0.3) is 0 Å². The Balaban J connectivity index is 3.44. The maximum Gasteiger partial charge on any atom is 0.411 e. The Morgan fingerprint density at radius 1 is 1.12 bits per heavy atom. The molecule has 0 spiro atoms. The van der Waals surface area contributed by atoms with Gasteiger partial charge in [-0.2, -0.15) is 13.2 Å². The van der Waals surface area contributed by atoms with E-state index in [4.69, 9.17) is 0 Å². The third kappa shape index (κ3) is 13.6. The van der Waals surface area contributed by atoms with Crippen LogP contribution in [-0.2, 0) is 4.74 Å². The molecule has 17 heavy (non-hydrogen) atoms. The molecule has 0 aliphatic heterocycles. The maximum absolute atomic E-state index is 11.8. The topological polar surface area (TPSA) is 24.5 Å². The van der Waals surface area contributed by atoms with Crippen molar-refractivity contribution in [2.24, 2.45) is 0 Å². The Kier molecular flexibility index (Phi) is 7.04. The molecule has 104 valence electrons. The van der Waals surface area contributed by atoms with Gasteiger partial charge in [-0.3, -0.25) is 0 Å². The predicted molar refractivity (Wildman–Crippen MR) is 62.1 cm³/mol. The predicted octanol–water partition coefficient (Wildman–Crippen LogP) is 1.89. The van der Waals surface area contributed by atoms with E-state index in [1.54, 1.807) is 0 Å². The average molecular weight is 256 g/mol. The van der Waals surface area contributed by atoms with Gasteiger partial charge in [0, 0.05) is 25.2 Å². The highest BCUT2D eigenvalue weighted by molar-refractivity contribution is 4.70. The first kappa shape index (κ1) is 16.7. The first-order valence-corrected chi connectivity index (χ1v) is 5.68. The molecule has 0 aromatic heterocycles. The SMILES string of the molecule is CN(CCNC(C)(C)C)CCOCC(F)(F)F. The van der Waals surface area contributed by atoms with E-state index in [2.05, 4.69) is 30.8 Å². The normalized spacial score (nSPS) is 13.4. The van der Waals surface area contributed by atoms with Gasteiger partial charge in [-0.25, -0.2) is 0 Å². The standard InChI is InChI=1S/C11H23F3N2O/c1-10(2,3)15-5-6-16(4)7-8-17-9-11(12,13)14/h15H,5-9H2,1-4H3. The second-order valence-corrected chi connectivity index (χ2v) is 5.15. The van der Waals surface area contributed by atoms with Crippen LogP contribution in [0.5, 0.6) is 0 Å². The second kappa shape index (κ2) is 7.18. The van der Waals surface area contributed by atoms with Gasteiger partial charge in [-0.1, -0.05) is 0 Å². The summed E-state index contributed by atoms with van der Waals surface area (Å²) in [6.45, 7) is 7.23. The molecule has 0 amide bonds. The van der Waals surface area contributed by atoms with Crippen LogP contribution >= 0.6 is 0 Å². The van der Waals surface area contributed by atoms with Gasteiger partial charge in [-0.05, 0) is 27.8 Å². The van der Waals surface area contributed by atoms with E-state index in [1.807, 2.05) is 11.9 Å². The van der Waals surface area contributed by atoms with E-state index in [0.29, 0.717) is 6.54 Å². The summed E-state index contributed by atoms with van der Waals surface area (Å²) in [5, 5.41) is 3.30. The summed E-state index contributed by atoms with van der Waals surface area (Å²) in [7, 11) is 1.86. The van der Waals surface area contributed by atoms with Gasteiger partial charge in [0.2, 0.25) is 0 Å². The van der Waals surface area contributed by atoms with Gasteiger partial charge in [0.15, 0.2) is 0 Å². The molecule has 0 heterocycles. The highest BCUT2D eigenvalue weighted by Crippen LogP contribution is 2.14. The molecule has 1 N–H and O–H groups in total. The van der Waals surface area contributed by atoms with Crippen LogP contribution in [0.1, 0.15) is 20.8 Å². The molecular formula is C11H23F3N2O. The van der Waals surface area contributed by atoms with Gasteiger partial charge in [0.25, 0.3) is 0 Å². The van der Waals surface area contributed by atoms with Crippen LogP contribution in [0.4, 0.5) is 13.2 Å². The molecule has 0 saturated heterocycles. The van der Waals surface area contributed by atoms with Crippen LogP contribution in [0.2, 0.25) is 0 Å². The summed E-state index contributed by atoms with van der Waals surface area (Å²) in [4.78, 5) is 1.94. The molecule has 6 heteroatoms. The number of nitrogens with zero attached hydrogens (tertiary/aromatic N) is 1. The molecule has 0 atom stereocenters. The van der Waals surface area contributed by atoms with Crippen molar-refractivity contribution >= 4 is 0 Å². The summed E-state index contributed by atoms with van der Waals surface area (Å²) in [6, 6.07) is 0. The Labute approximate surface area is 101 Å². The molecule has 0 saturated carbocycles. The van der Waals surface area contributed by atoms with E-state index in [1.165, 1.54) is 0 Å². The highest BCUT2D eigenvalue weighted by Gasteiger charge is 2.27. The molecular weight excluding hydrogens is 233 g/mol. The Morgan fingerprint density at radius 2 is 1.71 bits per heavy atom. The smallest absolute Gasteiger partial charge is 0.371 e.